The highest BCUT2D eigenvalue weighted by molar-refractivity contribution is 14.1. The van der Waals surface area contributed by atoms with Gasteiger partial charge in [-0.15, -0.1) is 5.10 Å². The van der Waals surface area contributed by atoms with Crippen molar-refractivity contribution in [1.82, 2.24) is 15.0 Å². The van der Waals surface area contributed by atoms with Gasteiger partial charge in [0.1, 0.15) is 0 Å². The van der Waals surface area contributed by atoms with E-state index in [1.54, 1.807) is 4.68 Å². The molecule has 0 spiro atoms. The van der Waals surface area contributed by atoms with Gasteiger partial charge in [0, 0.05) is 10.1 Å². The highest BCUT2D eigenvalue weighted by Crippen LogP contribution is 2.10. The Hall–Kier alpha value is -0.950. The third kappa shape index (κ3) is 1.93. The molecular weight excluding hydrogens is 291 g/mol. The van der Waals surface area contributed by atoms with Gasteiger partial charge in [-0.3, -0.25) is 0 Å². The molecule has 0 aliphatic heterocycles. The number of hydrogen-bond acceptors (Lipinski definition) is 3. The average molecular weight is 300 g/mol. The smallest absolute Gasteiger partial charge is 0.0967 e. The van der Waals surface area contributed by atoms with Crippen LogP contribution in [0.2, 0.25) is 0 Å². The fourth-order valence-corrected chi connectivity index (χ4v) is 1.47. The van der Waals surface area contributed by atoms with E-state index in [9.17, 15) is 0 Å². The Morgan fingerprint density at radius 1 is 1.29 bits per heavy atom. The van der Waals surface area contributed by atoms with Crippen molar-refractivity contribution in [2.24, 2.45) is 5.73 Å². The first kappa shape index (κ1) is 9.60. The molecule has 14 heavy (non-hydrogen) atoms. The first-order valence-corrected chi connectivity index (χ1v) is 5.24. The van der Waals surface area contributed by atoms with Gasteiger partial charge in [0.25, 0.3) is 0 Å². The largest absolute Gasteiger partial charge is 0.325 e. The zero-order valence-corrected chi connectivity index (χ0v) is 9.55. The maximum absolute atomic E-state index is 5.45. The van der Waals surface area contributed by atoms with Crippen molar-refractivity contribution in [3.8, 4) is 5.69 Å². The summed E-state index contributed by atoms with van der Waals surface area (Å²) in [6.07, 6.45) is 1.84. The number of aromatic nitrogens is 3. The summed E-state index contributed by atoms with van der Waals surface area (Å²) in [5.41, 5.74) is 7.24. The topological polar surface area (TPSA) is 56.7 Å². The number of nitrogens with two attached hydrogens (primary N) is 1. The van der Waals surface area contributed by atoms with Gasteiger partial charge in [0.2, 0.25) is 0 Å². The van der Waals surface area contributed by atoms with Crippen LogP contribution in [-0.2, 0) is 6.54 Å². The van der Waals surface area contributed by atoms with Crippen molar-refractivity contribution in [1.29, 1.82) is 0 Å². The van der Waals surface area contributed by atoms with E-state index < -0.39 is 0 Å². The zero-order valence-electron chi connectivity index (χ0n) is 7.39. The van der Waals surface area contributed by atoms with Gasteiger partial charge in [-0.25, -0.2) is 4.68 Å². The summed E-state index contributed by atoms with van der Waals surface area (Å²) in [7, 11) is 0. The predicted octanol–water partition coefficient (Wildman–Crippen LogP) is 1.33. The van der Waals surface area contributed by atoms with Crippen LogP contribution in [0.4, 0.5) is 0 Å². The van der Waals surface area contributed by atoms with Crippen LogP contribution in [0.15, 0.2) is 30.5 Å². The summed E-state index contributed by atoms with van der Waals surface area (Å²) >= 11 is 2.26. The standard InChI is InChI=1S/C9H9IN4/c10-7-1-3-9(4-2-7)14-6-8(5-11)12-13-14/h1-4,6H,5,11H2. The van der Waals surface area contributed by atoms with Crippen LogP contribution < -0.4 is 5.73 Å². The summed E-state index contributed by atoms with van der Waals surface area (Å²) in [5, 5.41) is 7.89. The van der Waals surface area contributed by atoms with E-state index in [0.29, 0.717) is 6.54 Å². The Labute approximate surface area is 95.3 Å². The van der Waals surface area contributed by atoms with E-state index in [1.807, 2.05) is 30.5 Å². The molecule has 0 unspecified atom stereocenters. The first-order valence-electron chi connectivity index (χ1n) is 4.17. The number of benzene rings is 1. The summed E-state index contributed by atoms with van der Waals surface area (Å²) in [5.74, 6) is 0. The van der Waals surface area contributed by atoms with E-state index in [1.165, 1.54) is 3.57 Å². The highest BCUT2D eigenvalue weighted by Gasteiger charge is 2.00. The maximum Gasteiger partial charge on any atom is 0.0967 e. The molecule has 0 atom stereocenters. The summed E-state index contributed by atoms with van der Waals surface area (Å²) < 4.78 is 2.92. The van der Waals surface area contributed by atoms with Crippen molar-refractivity contribution in [3.63, 3.8) is 0 Å². The fourth-order valence-electron chi connectivity index (χ4n) is 1.11. The molecule has 2 rings (SSSR count). The summed E-state index contributed by atoms with van der Waals surface area (Å²) in [6, 6.07) is 8.05. The Kier molecular flexibility index (Phi) is 2.78. The molecule has 0 radical (unpaired) electrons. The van der Waals surface area contributed by atoms with E-state index in [2.05, 4.69) is 32.9 Å². The van der Waals surface area contributed by atoms with Crippen LogP contribution in [0, 0.1) is 3.57 Å². The maximum atomic E-state index is 5.45. The van der Waals surface area contributed by atoms with Crippen LogP contribution in [0.1, 0.15) is 5.69 Å². The van der Waals surface area contributed by atoms with Crippen LogP contribution in [-0.4, -0.2) is 15.0 Å². The molecule has 4 nitrogen and oxygen atoms in total. The monoisotopic (exact) mass is 300 g/mol. The molecule has 0 amide bonds. The molecule has 2 aromatic rings. The Morgan fingerprint density at radius 3 is 2.57 bits per heavy atom. The van der Waals surface area contributed by atoms with Gasteiger partial charge in [-0.05, 0) is 46.9 Å². The van der Waals surface area contributed by atoms with Crippen molar-refractivity contribution in [2.75, 3.05) is 0 Å². The number of nitrogens with zero attached hydrogens (tertiary/aromatic N) is 3. The van der Waals surface area contributed by atoms with Gasteiger partial charge >= 0.3 is 0 Å². The number of halogens is 1. The molecule has 0 saturated carbocycles. The lowest BCUT2D eigenvalue weighted by Crippen LogP contribution is -1.95. The Balaban J connectivity index is 2.34. The first-order chi connectivity index (χ1) is 6.79. The lowest BCUT2D eigenvalue weighted by Gasteiger charge is -1.98. The van der Waals surface area contributed by atoms with Crippen LogP contribution in [0.5, 0.6) is 0 Å². The van der Waals surface area contributed by atoms with E-state index >= 15 is 0 Å². The van der Waals surface area contributed by atoms with Gasteiger partial charge in [0.15, 0.2) is 0 Å². The van der Waals surface area contributed by atoms with Crippen LogP contribution in [0.25, 0.3) is 5.69 Å². The third-order valence-corrected chi connectivity index (χ3v) is 2.56. The highest BCUT2D eigenvalue weighted by atomic mass is 127. The quantitative estimate of drug-likeness (QED) is 0.851. The minimum Gasteiger partial charge on any atom is -0.325 e. The molecule has 1 heterocycles. The second-order valence-electron chi connectivity index (χ2n) is 2.83. The SMILES string of the molecule is NCc1cn(-c2ccc(I)cc2)nn1. The number of rotatable bonds is 2. The van der Waals surface area contributed by atoms with Crippen molar-refractivity contribution < 1.29 is 0 Å². The lowest BCUT2D eigenvalue weighted by molar-refractivity contribution is 0.796. The molecule has 2 N–H and O–H groups in total. The van der Waals surface area contributed by atoms with Crippen molar-refractivity contribution >= 4 is 22.6 Å². The zero-order chi connectivity index (χ0) is 9.97. The summed E-state index contributed by atoms with van der Waals surface area (Å²) in [6.45, 7) is 0.421. The number of hydrogen-bond donors (Lipinski definition) is 1. The van der Waals surface area contributed by atoms with Crippen molar-refractivity contribution in [2.45, 2.75) is 6.54 Å². The second kappa shape index (κ2) is 4.05. The van der Waals surface area contributed by atoms with E-state index in [0.717, 1.165) is 11.4 Å². The van der Waals surface area contributed by atoms with Gasteiger partial charge < -0.3 is 5.73 Å². The summed E-state index contributed by atoms with van der Waals surface area (Å²) in [4.78, 5) is 0. The molecule has 0 aliphatic rings. The molecule has 1 aromatic heterocycles. The van der Waals surface area contributed by atoms with Gasteiger partial charge in [0.05, 0.1) is 17.6 Å². The fraction of sp³-hybridized carbons (Fsp3) is 0.111. The molecule has 0 saturated heterocycles. The van der Waals surface area contributed by atoms with E-state index in [4.69, 9.17) is 5.73 Å². The average Bonchev–Trinajstić information content (AvgIpc) is 2.67. The normalized spacial score (nSPS) is 10.4. The molecule has 5 heteroatoms. The van der Waals surface area contributed by atoms with Gasteiger partial charge in [-0.1, -0.05) is 5.21 Å². The second-order valence-corrected chi connectivity index (χ2v) is 4.08. The Bertz CT molecular complexity index is 421. The lowest BCUT2D eigenvalue weighted by atomic mass is 10.3. The minimum absolute atomic E-state index is 0.421. The van der Waals surface area contributed by atoms with Crippen LogP contribution >= 0.6 is 22.6 Å². The van der Waals surface area contributed by atoms with Gasteiger partial charge in [-0.2, -0.15) is 0 Å². The van der Waals surface area contributed by atoms with Crippen molar-refractivity contribution in [3.05, 3.63) is 39.7 Å². The molecule has 72 valence electrons. The predicted molar refractivity (Wildman–Crippen MR) is 62.0 cm³/mol. The molecular formula is C9H9IN4. The third-order valence-electron chi connectivity index (χ3n) is 1.84. The van der Waals surface area contributed by atoms with Crippen LogP contribution in [0.3, 0.4) is 0 Å². The molecule has 1 aromatic carbocycles. The van der Waals surface area contributed by atoms with E-state index in [-0.39, 0.29) is 0 Å². The molecule has 0 bridgehead atoms. The molecule has 0 fully saturated rings. The molecule has 0 aliphatic carbocycles. The minimum atomic E-state index is 0.421. The Morgan fingerprint density at radius 2 is 2.00 bits per heavy atom.